The van der Waals surface area contributed by atoms with E-state index in [0.717, 1.165) is 17.0 Å². The number of hydrogen-bond donors (Lipinski definition) is 0. The van der Waals surface area contributed by atoms with Crippen LogP contribution in [0.4, 0.5) is 0 Å². The van der Waals surface area contributed by atoms with Gasteiger partial charge in [0, 0.05) is 16.7 Å². The monoisotopic (exact) mass is 274 g/mol. The minimum absolute atomic E-state index is 1.02. The quantitative estimate of drug-likeness (QED) is 0.674. The molecular weight excluding hydrogens is 256 g/mol. The van der Waals surface area contributed by atoms with Crippen molar-refractivity contribution in [2.24, 2.45) is 0 Å². The molecule has 104 valence electrons. The zero-order chi connectivity index (χ0) is 14.8. The number of nitrogens with zero attached hydrogens (tertiary/aromatic N) is 2. The molecule has 2 heteroatoms. The Kier molecular flexibility index (Phi) is 3.53. The summed E-state index contributed by atoms with van der Waals surface area (Å²) < 4.78 is 0. The Morgan fingerprint density at radius 1 is 0.619 bits per heavy atom. The Morgan fingerprint density at radius 2 is 1.05 bits per heavy atom. The highest BCUT2D eigenvalue weighted by atomic mass is 14.8. The van der Waals surface area contributed by atoms with E-state index in [1.165, 1.54) is 22.3 Å². The molecule has 0 aliphatic carbocycles. The highest BCUT2D eigenvalue weighted by Crippen LogP contribution is 2.31. The number of benzene rings is 2. The lowest BCUT2D eigenvalue weighted by molar-refractivity contribution is 1.13. The van der Waals surface area contributed by atoms with Crippen molar-refractivity contribution >= 4 is 0 Å². The maximum absolute atomic E-state index is 4.51. The van der Waals surface area contributed by atoms with E-state index in [9.17, 15) is 0 Å². The lowest BCUT2D eigenvalue weighted by atomic mass is 9.97. The third-order valence-corrected chi connectivity index (χ3v) is 3.88. The third kappa shape index (κ3) is 2.45. The first-order valence-electron chi connectivity index (χ1n) is 7.12. The molecule has 2 nitrogen and oxygen atoms in total. The second kappa shape index (κ2) is 5.49. The Bertz CT molecular complexity index is 727. The van der Waals surface area contributed by atoms with Gasteiger partial charge in [0.2, 0.25) is 0 Å². The van der Waals surface area contributed by atoms with E-state index >= 15 is 0 Å². The summed E-state index contributed by atoms with van der Waals surface area (Å²) in [6.45, 7) is 6.33. The summed E-state index contributed by atoms with van der Waals surface area (Å²) in [5.74, 6) is 0. The van der Waals surface area contributed by atoms with Crippen molar-refractivity contribution in [2.75, 3.05) is 0 Å². The molecule has 1 heterocycles. The van der Waals surface area contributed by atoms with Crippen LogP contribution < -0.4 is 0 Å². The van der Waals surface area contributed by atoms with Crippen molar-refractivity contribution in [3.05, 3.63) is 71.5 Å². The van der Waals surface area contributed by atoms with Crippen LogP contribution in [0.3, 0.4) is 0 Å². The van der Waals surface area contributed by atoms with Crippen LogP contribution in [0.25, 0.3) is 22.5 Å². The van der Waals surface area contributed by atoms with Crippen molar-refractivity contribution < 1.29 is 0 Å². The van der Waals surface area contributed by atoms with Crippen molar-refractivity contribution in [2.45, 2.75) is 20.8 Å². The van der Waals surface area contributed by atoms with Crippen molar-refractivity contribution in [3.8, 4) is 22.5 Å². The molecule has 0 fully saturated rings. The second-order valence-corrected chi connectivity index (χ2v) is 5.33. The molecule has 0 atom stereocenters. The molecule has 0 aliphatic heterocycles. The first kappa shape index (κ1) is 13.5. The van der Waals surface area contributed by atoms with E-state index in [1.807, 2.05) is 0 Å². The van der Waals surface area contributed by atoms with Crippen LogP contribution in [0.15, 0.2) is 54.9 Å². The molecule has 0 bridgehead atoms. The summed E-state index contributed by atoms with van der Waals surface area (Å²) in [7, 11) is 0. The minimum Gasteiger partial charge on any atom is -0.236 e. The van der Waals surface area contributed by atoms with Gasteiger partial charge in [-0.1, -0.05) is 48.5 Å². The van der Waals surface area contributed by atoms with Crippen LogP contribution in [0.2, 0.25) is 0 Å². The molecule has 3 rings (SSSR count). The largest absolute Gasteiger partial charge is 0.236 e. The average Bonchev–Trinajstić information content (AvgIpc) is 2.49. The van der Waals surface area contributed by atoms with Gasteiger partial charge in [-0.05, 0) is 31.9 Å². The summed E-state index contributed by atoms with van der Waals surface area (Å²) in [5, 5.41) is 0. The molecule has 0 saturated carbocycles. The van der Waals surface area contributed by atoms with E-state index in [0.29, 0.717) is 0 Å². The summed E-state index contributed by atoms with van der Waals surface area (Å²) in [5.41, 5.74) is 7.97. The van der Waals surface area contributed by atoms with Gasteiger partial charge < -0.3 is 0 Å². The summed E-state index contributed by atoms with van der Waals surface area (Å²) in [6, 6.07) is 16.7. The predicted molar refractivity (Wildman–Crippen MR) is 87.1 cm³/mol. The summed E-state index contributed by atoms with van der Waals surface area (Å²) >= 11 is 0. The van der Waals surface area contributed by atoms with E-state index in [-0.39, 0.29) is 0 Å². The Morgan fingerprint density at radius 3 is 1.48 bits per heavy atom. The van der Waals surface area contributed by atoms with E-state index < -0.39 is 0 Å². The van der Waals surface area contributed by atoms with Gasteiger partial charge in [-0.15, -0.1) is 0 Å². The zero-order valence-corrected chi connectivity index (χ0v) is 12.6. The molecule has 0 aliphatic rings. The third-order valence-electron chi connectivity index (χ3n) is 3.88. The number of aryl methyl sites for hydroxylation is 2. The molecule has 0 saturated heterocycles. The molecule has 2 aromatic carbocycles. The number of hydrogen-bond acceptors (Lipinski definition) is 2. The van der Waals surface area contributed by atoms with Gasteiger partial charge in [0.15, 0.2) is 0 Å². The Hall–Kier alpha value is -2.48. The van der Waals surface area contributed by atoms with Crippen LogP contribution in [-0.2, 0) is 0 Å². The van der Waals surface area contributed by atoms with Crippen LogP contribution in [-0.4, -0.2) is 9.97 Å². The topological polar surface area (TPSA) is 25.8 Å². The van der Waals surface area contributed by atoms with Gasteiger partial charge in [-0.25, -0.2) is 9.97 Å². The zero-order valence-electron chi connectivity index (χ0n) is 12.6. The van der Waals surface area contributed by atoms with Gasteiger partial charge in [0.1, 0.15) is 6.33 Å². The minimum atomic E-state index is 1.02. The first-order valence-corrected chi connectivity index (χ1v) is 7.12. The lowest BCUT2D eigenvalue weighted by Crippen LogP contribution is -1.97. The molecule has 3 aromatic rings. The molecular formula is C19H18N2. The lowest BCUT2D eigenvalue weighted by Gasteiger charge is -2.13. The van der Waals surface area contributed by atoms with E-state index in [2.05, 4.69) is 79.3 Å². The van der Waals surface area contributed by atoms with Crippen molar-refractivity contribution in [1.82, 2.24) is 9.97 Å². The van der Waals surface area contributed by atoms with E-state index in [1.54, 1.807) is 6.33 Å². The fourth-order valence-corrected chi connectivity index (χ4v) is 2.67. The summed E-state index contributed by atoms with van der Waals surface area (Å²) in [6.07, 6.45) is 1.66. The van der Waals surface area contributed by atoms with Crippen LogP contribution in [0.5, 0.6) is 0 Å². The summed E-state index contributed by atoms with van der Waals surface area (Å²) in [4.78, 5) is 9.03. The van der Waals surface area contributed by atoms with Gasteiger partial charge >= 0.3 is 0 Å². The Labute approximate surface area is 125 Å². The maximum Gasteiger partial charge on any atom is 0.116 e. The van der Waals surface area contributed by atoms with Gasteiger partial charge in [-0.3, -0.25) is 0 Å². The predicted octanol–water partition coefficient (Wildman–Crippen LogP) is 4.74. The standard InChI is InChI=1S/C19H18N2/c1-13-8-4-6-10-16(13)18-15(3)19(21-12-20-18)17-11-7-5-9-14(17)2/h4-12H,1-3H3. The maximum atomic E-state index is 4.51. The highest BCUT2D eigenvalue weighted by Gasteiger charge is 2.13. The first-order chi connectivity index (χ1) is 10.2. The van der Waals surface area contributed by atoms with Gasteiger partial charge in [0.25, 0.3) is 0 Å². The molecule has 21 heavy (non-hydrogen) atoms. The van der Waals surface area contributed by atoms with Crippen LogP contribution >= 0.6 is 0 Å². The molecule has 0 amide bonds. The fraction of sp³-hybridized carbons (Fsp3) is 0.158. The average molecular weight is 274 g/mol. The van der Waals surface area contributed by atoms with Crippen LogP contribution in [0.1, 0.15) is 16.7 Å². The van der Waals surface area contributed by atoms with Gasteiger partial charge in [0.05, 0.1) is 11.4 Å². The second-order valence-electron chi connectivity index (χ2n) is 5.33. The van der Waals surface area contributed by atoms with E-state index in [4.69, 9.17) is 0 Å². The van der Waals surface area contributed by atoms with Crippen molar-refractivity contribution in [3.63, 3.8) is 0 Å². The smallest absolute Gasteiger partial charge is 0.116 e. The number of aromatic nitrogens is 2. The fourth-order valence-electron chi connectivity index (χ4n) is 2.67. The number of rotatable bonds is 2. The Balaban J connectivity index is 2.21. The normalized spacial score (nSPS) is 10.6. The molecule has 0 unspecified atom stereocenters. The molecule has 0 N–H and O–H groups in total. The van der Waals surface area contributed by atoms with Crippen molar-refractivity contribution in [1.29, 1.82) is 0 Å². The molecule has 1 aromatic heterocycles. The molecule has 0 spiro atoms. The SMILES string of the molecule is Cc1ccccc1-c1ncnc(-c2ccccc2C)c1C. The highest BCUT2D eigenvalue weighted by molar-refractivity contribution is 5.75. The van der Waals surface area contributed by atoms with Gasteiger partial charge in [-0.2, -0.15) is 0 Å². The van der Waals surface area contributed by atoms with Crippen LogP contribution in [0, 0.1) is 20.8 Å². The molecule has 0 radical (unpaired) electrons.